The molecule has 0 aliphatic carbocycles. The minimum atomic E-state index is -0.0324. The van der Waals surface area contributed by atoms with Crippen LogP contribution in [0.15, 0.2) is 30.6 Å². The lowest BCUT2D eigenvalue weighted by atomic mass is 10.2. The molecular formula is C16H23N3O2. The van der Waals surface area contributed by atoms with Crippen LogP contribution < -0.4 is 10.1 Å². The van der Waals surface area contributed by atoms with Crippen molar-refractivity contribution in [2.75, 3.05) is 11.9 Å². The van der Waals surface area contributed by atoms with Gasteiger partial charge in [0.25, 0.3) is 0 Å². The molecule has 5 heteroatoms. The van der Waals surface area contributed by atoms with Gasteiger partial charge >= 0.3 is 0 Å². The summed E-state index contributed by atoms with van der Waals surface area (Å²) in [6, 6.07) is 5.76. The molecule has 2 aromatic rings. The van der Waals surface area contributed by atoms with Crippen LogP contribution in [0.4, 0.5) is 5.69 Å². The van der Waals surface area contributed by atoms with Crippen molar-refractivity contribution in [2.24, 2.45) is 0 Å². The zero-order valence-corrected chi connectivity index (χ0v) is 12.7. The molecule has 0 amide bonds. The van der Waals surface area contributed by atoms with Gasteiger partial charge in [0.05, 0.1) is 19.8 Å². The van der Waals surface area contributed by atoms with Crippen molar-refractivity contribution in [3.63, 3.8) is 0 Å². The average Bonchev–Trinajstić information content (AvgIpc) is 2.94. The molecule has 0 saturated carbocycles. The maximum atomic E-state index is 9.41. The van der Waals surface area contributed by atoms with Crippen LogP contribution in [0.5, 0.6) is 5.75 Å². The molecule has 0 atom stereocenters. The number of aliphatic hydroxyl groups excluding tert-OH is 1. The lowest BCUT2D eigenvalue weighted by molar-refractivity contribution is 0.267. The summed E-state index contributed by atoms with van der Waals surface area (Å²) in [6.07, 6.45) is 4.91. The van der Waals surface area contributed by atoms with Crippen LogP contribution in [0.25, 0.3) is 0 Å². The molecule has 0 spiro atoms. The van der Waals surface area contributed by atoms with Crippen molar-refractivity contribution in [1.82, 2.24) is 9.55 Å². The summed E-state index contributed by atoms with van der Waals surface area (Å²) in [7, 11) is 0. The molecule has 2 N–H and O–H groups in total. The molecule has 5 nitrogen and oxygen atoms in total. The minimum absolute atomic E-state index is 0.0324. The molecule has 1 aromatic carbocycles. The molecule has 1 heterocycles. The number of hydrogen-bond acceptors (Lipinski definition) is 4. The molecule has 0 saturated heterocycles. The molecule has 1 aromatic heterocycles. The number of benzene rings is 1. The average molecular weight is 289 g/mol. The van der Waals surface area contributed by atoms with Gasteiger partial charge in [-0.05, 0) is 31.5 Å². The number of imidazole rings is 1. The number of nitrogens with zero attached hydrogens (tertiary/aromatic N) is 2. The van der Waals surface area contributed by atoms with E-state index in [4.69, 9.17) is 4.74 Å². The summed E-state index contributed by atoms with van der Waals surface area (Å²) in [5, 5.41) is 12.8. The van der Waals surface area contributed by atoms with E-state index in [1.54, 1.807) is 0 Å². The van der Waals surface area contributed by atoms with Gasteiger partial charge < -0.3 is 19.7 Å². The van der Waals surface area contributed by atoms with Gasteiger partial charge in [-0.15, -0.1) is 0 Å². The predicted molar refractivity (Wildman–Crippen MR) is 83.4 cm³/mol. The molecule has 0 unspecified atom stereocenters. The SMILES string of the molecule is CCCn1ccnc1CNc1ccc(OCC)c(CO)c1. The minimum Gasteiger partial charge on any atom is -0.494 e. The lowest BCUT2D eigenvalue weighted by Gasteiger charge is -2.12. The Bertz CT molecular complexity index is 566. The molecule has 0 radical (unpaired) electrons. The standard InChI is InChI=1S/C16H23N3O2/c1-3-8-19-9-7-17-16(19)11-18-14-5-6-15(21-4-2)13(10-14)12-20/h5-7,9-10,18,20H,3-4,8,11-12H2,1-2H3. The molecular weight excluding hydrogens is 266 g/mol. The van der Waals surface area contributed by atoms with Crippen molar-refractivity contribution < 1.29 is 9.84 Å². The highest BCUT2D eigenvalue weighted by Crippen LogP contribution is 2.23. The number of anilines is 1. The molecule has 2 rings (SSSR count). The van der Waals surface area contributed by atoms with Gasteiger partial charge in [-0.3, -0.25) is 0 Å². The van der Waals surface area contributed by atoms with E-state index in [0.29, 0.717) is 13.2 Å². The number of rotatable bonds is 8. The van der Waals surface area contributed by atoms with Crippen LogP contribution in [-0.4, -0.2) is 21.3 Å². The molecule has 0 fully saturated rings. The fourth-order valence-corrected chi connectivity index (χ4v) is 2.24. The summed E-state index contributed by atoms with van der Waals surface area (Å²) in [5.74, 6) is 1.74. The summed E-state index contributed by atoms with van der Waals surface area (Å²) in [6.45, 7) is 6.27. The molecule has 21 heavy (non-hydrogen) atoms. The number of hydrogen-bond donors (Lipinski definition) is 2. The molecule has 114 valence electrons. The Labute approximate surface area is 125 Å². The van der Waals surface area contributed by atoms with Gasteiger partial charge in [0.2, 0.25) is 0 Å². The quantitative estimate of drug-likeness (QED) is 0.784. The third-order valence-electron chi connectivity index (χ3n) is 3.25. The van der Waals surface area contributed by atoms with E-state index < -0.39 is 0 Å². The number of nitrogens with one attached hydrogen (secondary N) is 1. The Morgan fingerprint density at radius 3 is 2.90 bits per heavy atom. The van der Waals surface area contributed by atoms with Crippen LogP contribution in [0.3, 0.4) is 0 Å². The fraction of sp³-hybridized carbons (Fsp3) is 0.438. The van der Waals surface area contributed by atoms with Crippen molar-refractivity contribution in [3.05, 3.63) is 42.0 Å². The molecule has 0 aliphatic rings. The third kappa shape index (κ3) is 3.98. The highest BCUT2D eigenvalue weighted by atomic mass is 16.5. The van der Waals surface area contributed by atoms with E-state index in [9.17, 15) is 5.11 Å². The largest absolute Gasteiger partial charge is 0.494 e. The monoisotopic (exact) mass is 289 g/mol. The lowest BCUT2D eigenvalue weighted by Crippen LogP contribution is -2.08. The maximum Gasteiger partial charge on any atom is 0.128 e. The van der Waals surface area contributed by atoms with E-state index in [1.807, 2.05) is 37.5 Å². The fourth-order valence-electron chi connectivity index (χ4n) is 2.24. The second-order valence-electron chi connectivity index (χ2n) is 4.80. The van der Waals surface area contributed by atoms with Crippen LogP contribution in [0.1, 0.15) is 31.7 Å². The van der Waals surface area contributed by atoms with Gasteiger partial charge in [0.1, 0.15) is 11.6 Å². The third-order valence-corrected chi connectivity index (χ3v) is 3.25. The van der Waals surface area contributed by atoms with Crippen molar-refractivity contribution >= 4 is 5.69 Å². The highest BCUT2D eigenvalue weighted by Gasteiger charge is 2.06. The first-order valence-electron chi connectivity index (χ1n) is 7.39. The summed E-state index contributed by atoms with van der Waals surface area (Å²) in [4.78, 5) is 4.37. The van der Waals surface area contributed by atoms with Crippen LogP contribution in [-0.2, 0) is 19.7 Å². The zero-order chi connectivity index (χ0) is 15.1. The second-order valence-corrected chi connectivity index (χ2v) is 4.80. The Morgan fingerprint density at radius 2 is 2.19 bits per heavy atom. The van der Waals surface area contributed by atoms with Gasteiger partial charge in [-0.2, -0.15) is 0 Å². The molecule has 0 aliphatic heterocycles. The number of aryl methyl sites for hydroxylation is 1. The van der Waals surface area contributed by atoms with Gasteiger partial charge in [0.15, 0.2) is 0 Å². The maximum absolute atomic E-state index is 9.41. The van der Waals surface area contributed by atoms with Crippen molar-refractivity contribution in [3.8, 4) is 5.75 Å². The van der Waals surface area contributed by atoms with Crippen LogP contribution in [0, 0.1) is 0 Å². The van der Waals surface area contributed by atoms with E-state index in [-0.39, 0.29) is 6.61 Å². The first kappa shape index (κ1) is 15.4. The van der Waals surface area contributed by atoms with Gasteiger partial charge in [-0.25, -0.2) is 4.98 Å². The smallest absolute Gasteiger partial charge is 0.128 e. The Balaban J connectivity index is 2.04. The zero-order valence-electron chi connectivity index (χ0n) is 12.7. The number of ether oxygens (including phenoxy) is 1. The van der Waals surface area contributed by atoms with Crippen molar-refractivity contribution in [2.45, 2.75) is 40.0 Å². The Morgan fingerprint density at radius 1 is 1.33 bits per heavy atom. The van der Waals surface area contributed by atoms with E-state index in [0.717, 1.165) is 35.8 Å². The second kappa shape index (κ2) is 7.69. The van der Waals surface area contributed by atoms with Crippen molar-refractivity contribution in [1.29, 1.82) is 0 Å². The Hall–Kier alpha value is -2.01. The number of aliphatic hydroxyl groups is 1. The highest BCUT2D eigenvalue weighted by molar-refractivity contribution is 5.51. The topological polar surface area (TPSA) is 59.3 Å². The first-order chi connectivity index (χ1) is 10.3. The van der Waals surface area contributed by atoms with Gasteiger partial charge in [0, 0.05) is 30.2 Å². The van der Waals surface area contributed by atoms with Gasteiger partial charge in [-0.1, -0.05) is 6.92 Å². The summed E-state index contributed by atoms with van der Waals surface area (Å²) in [5.41, 5.74) is 1.74. The van der Waals surface area contributed by atoms with Crippen LogP contribution in [0.2, 0.25) is 0 Å². The van der Waals surface area contributed by atoms with E-state index >= 15 is 0 Å². The van der Waals surface area contributed by atoms with E-state index in [2.05, 4.69) is 21.8 Å². The molecule has 0 bridgehead atoms. The summed E-state index contributed by atoms with van der Waals surface area (Å²) < 4.78 is 7.63. The van der Waals surface area contributed by atoms with E-state index in [1.165, 1.54) is 0 Å². The Kier molecular flexibility index (Phi) is 5.63. The predicted octanol–water partition coefficient (Wildman–Crippen LogP) is 2.80. The summed E-state index contributed by atoms with van der Waals surface area (Å²) >= 11 is 0. The first-order valence-corrected chi connectivity index (χ1v) is 7.39. The normalized spacial score (nSPS) is 10.6. The van der Waals surface area contributed by atoms with Crippen LogP contribution >= 0.6 is 0 Å². The number of aromatic nitrogens is 2.